The van der Waals surface area contributed by atoms with Crippen molar-refractivity contribution in [2.24, 2.45) is 0 Å². The zero-order chi connectivity index (χ0) is 25.7. The Kier molecular flexibility index (Phi) is 6.36. The van der Waals surface area contributed by atoms with Gasteiger partial charge in [-0.15, -0.1) is 11.3 Å². The number of aromatic nitrogens is 1. The summed E-state index contributed by atoms with van der Waals surface area (Å²) in [7, 11) is -3.38. The number of thiophene rings is 1. The van der Waals surface area contributed by atoms with Gasteiger partial charge in [-0.1, -0.05) is 23.2 Å². The Bertz CT molecular complexity index is 1600. The Balaban J connectivity index is 1.42. The summed E-state index contributed by atoms with van der Waals surface area (Å²) in [4.78, 5) is 17.7. The molecule has 1 aliphatic rings. The second kappa shape index (κ2) is 9.23. The van der Waals surface area contributed by atoms with Crippen LogP contribution in [0.15, 0.2) is 54.6 Å². The molecule has 4 aromatic rings. The molecular formula is C25H20Cl2N2O5S2. The van der Waals surface area contributed by atoms with E-state index in [1.165, 1.54) is 23.7 Å². The monoisotopic (exact) mass is 562 g/mol. The van der Waals surface area contributed by atoms with Crippen molar-refractivity contribution in [3.8, 4) is 17.4 Å². The highest BCUT2D eigenvalue weighted by Crippen LogP contribution is 2.45. The highest BCUT2D eigenvalue weighted by molar-refractivity contribution is 7.91. The predicted molar refractivity (Wildman–Crippen MR) is 143 cm³/mol. The number of nitrogens with one attached hydrogen (secondary N) is 1. The van der Waals surface area contributed by atoms with Gasteiger partial charge in [0.25, 0.3) is 5.91 Å². The molecule has 1 aliphatic heterocycles. The van der Waals surface area contributed by atoms with Crippen LogP contribution in [0.5, 0.6) is 17.4 Å². The van der Waals surface area contributed by atoms with Crippen molar-refractivity contribution in [1.29, 1.82) is 0 Å². The molecule has 0 bridgehead atoms. The van der Waals surface area contributed by atoms with Crippen molar-refractivity contribution < 1.29 is 22.7 Å². The number of hydrogen-bond acceptors (Lipinski definition) is 7. The number of hydrogen-bond donors (Lipinski definition) is 1. The average molecular weight is 563 g/mol. The number of carbonyl (C=O) groups excluding carboxylic acids is 1. The first-order chi connectivity index (χ1) is 17.0. The van der Waals surface area contributed by atoms with E-state index in [1.54, 1.807) is 55.5 Å². The third kappa shape index (κ3) is 4.76. The van der Waals surface area contributed by atoms with Gasteiger partial charge in [-0.3, -0.25) is 4.79 Å². The van der Waals surface area contributed by atoms with Crippen molar-refractivity contribution in [3.05, 3.63) is 75.2 Å². The summed E-state index contributed by atoms with van der Waals surface area (Å²) in [5, 5.41) is 4.32. The number of carbonyl (C=O) groups is 1. The van der Waals surface area contributed by atoms with E-state index in [0.29, 0.717) is 45.7 Å². The summed E-state index contributed by atoms with van der Waals surface area (Å²) >= 11 is 13.3. The largest absolute Gasteiger partial charge is 0.493 e. The van der Waals surface area contributed by atoms with Crippen molar-refractivity contribution in [2.75, 3.05) is 18.2 Å². The van der Waals surface area contributed by atoms with Crippen LogP contribution in [0, 0.1) is 0 Å². The van der Waals surface area contributed by atoms with Crippen molar-refractivity contribution >= 4 is 66.1 Å². The molecule has 0 saturated heterocycles. The minimum absolute atomic E-state index is 0.151. The van der Waals surface area contributed by atoms with Gasteiger partial charge < -0.3 is 14.8 Å². The van der Waals surface area contributed by atoms with Gasteiger partial charge in [0.2, 0.25) is 5.88 Å². The third-order valence-corrected chi connectivity index (χ3v) is 9.73. The SMILES string of the molecule is CC1(S(C)(=O)=O)CCOc2cc3sc(C(=O)Nc4cc(Cl)nc(Oc5ccc(Cl)cc5)c4)cc3cc21. The van der Waals surface area contributed by atoms with Crippen LogP contribution in [-0.4, -0.2) is 32.2 Å². The summed E-state index contributed by atoms with van der Waals surface area (Å²) < 4.78 is 36.4. The number of ether oxygens (including phenoxy) is 2. The van der Waals surface area contributed by atoms with Crippen molar-refractivity contribution in [2.45, 2.75) is 18.1 Å². The van der Waals surface area contributed by atoms with Crippen LogP contribution in [0.4, 0.5) is 5.69 Å². The van der Waals surface area contributed by atoms with Gasteiger partial charge in [0.1, 0.15) is 21.4 Å². The standard InChI is InChI=1S/C25H20Cl2N2O5S2/c1-25(36(2,31)32)7-8-33-19-13-20-14(9-18(19)25)10-21(35-20)24(30)28-16-11-22(27)29-23(12-16)34-17-5-3-15(26)4-6-17/h3-6,9-13H,7-8H2,1-2H3,(H,28,29,30). The number of anilines is 1. The Morgan fingerprint density at radius 1 is 1.14 bits per heavy atom. The van der Waals surface area contributed by atoms with E-state index in [-0.39, 0.29) is 16.9 Å². The van der Waals surface area contributed by atoms with Gasteiger partial charge in [0, 0.05) is 39.7 Å². The number of nitrogens with zero attached hydrogens (tertiary/aromatic N) is 1. The summed E-state index contributed by atoms with van der Waals surface area (Å²) in [5.41, 5.74) is 1.02. The number of fused-ring (bicyclic) bond motifs is 2. The average Bonchev–Trinajstić information content (AvgIpc) is 3.22. The zero-order valence-corrected chi connectivity index (χ0v) is 22.3. The molecule has 186 valence electrons. The number of rotatable bonds is 5. The molecule has 0 fully saturated rings. The lowest BCUT2D eigenvalue weighted by atomic mass is 9.93. The molecule has 1 atom stereocenters. The van der Waals surface area contributed by atoms with Crippen LogP contribution in [0.3, 0.4) is 0 Å². The molecule has 2 aromatic carbocycles. The third-order valence-electron chi connectivity index (χ3n) is 6.13. The van der Waals surface area contributed by atoms with E-state index in [2.05, 4.69) is 10.3 Å². The van der Waals surface area contributed by atoms with Gasteiger partial charge >= 0.3 is 0 Å². The van der Waals surface area contributed by atoms with Gasteiger partial charge in [-0.05, 0) is 60.8 Å². The molecule has 1 amide bonds. The molecule has 2 aromatic heterocycles. The molecular weight excluding hydrogens is 543 g/mol. The van der Waals surface area contributed by atoms with E-state index in [4.69, 9.17) is 32.7 Å². The highest BCUT2D eigenvalue weighted by atomic mass is 35.5. The first kappa shape index (κ1) is 24.8. The topological polar surface area (TPSA) is 94.6 Å². The zero-order valence-electron chi connectivity index (χ0n) is 19.2. The van der Waals surface area contributed by atoms with Crippen molar-refractivity contribution in [3.63, 3.8) is 0 Å². The second-order valence-electron chi connectivity index (χ2n) is 8.63. The number of pyridine rings is 1. The molecule has 3 heterocycles. The minimum Gasteiger partial charge on any atom is -0.493 e. The quantitative estimate of drug-likeness (QED) is 0.272. The number of sulfone groups is 1. The van der Waals surface area contributed by atoms with E-state index >= 15 is 0 Å². The van der Waals surface area contributed by atoms with Crippen LogP contribution >= 0.6 is 34.5 Å². The van der Waals surface area contributed by atoms with Crippen LogP contribution < -0.4 is 14.8 Å². The Morgan fingerprint density at radius 2 is 1.89 bits per heavy atom. The van der Waals surface area contributed by atoms with Crippen LogP contribution in [0.25, 0.3) is 10.1 Å². The maximum Gasteiger partial charge on any atom is 0.265 e. The minimum atomic E-state index is -3.38. The molecule has 36 heavy (non-hydrogen) atoms. The maximum atomic E-state index is 13.1. The van der Waals surface area contributed by atoms with E-state index in [1.807, 2.05) is 0 Å². The summed E-state index contributed by atoms with van der Waals surface area (Å²) in [6, 6.07) is 15.2. The smallest absolute Gasteiger partial charge is 0.265 e. The first-order valence-corrected chi connectivity index (χ1v) is 14.3. The summed E-state index contributed by atoms with van der Waals surface area (Å²) in [6.45, 7) is 2.02. The lowest BCUT2D eigenvalue weighted by Crippen LogP contribution is -2.37. The van der Waals surface area contributed by atoms with Gasteiger partial charge in [0.15, 0.2) is 9.84 Å². The predicted octanol–water partition coefficient (Wildman–Crippen LogP) is 6.69. The van der Waals surface area contributed by atoms with Crippen molar-refractivity contribution in [1.82, 2.24) is 4.98 Å². The molecule has 7 nitrogen and oxygen atoms in total. The van der Waals surface area contributed by atoms with Gasteiger partial charge in [-0.25, -0.2) is 13.4 Å². The Labute approximate surface area is 221 Å². The molecule has 1 N–H and O–H groups in total. The molecule has 0 aliphatic carbocycles. The molecule has 1 unspecified atom stereocenters. The normalized spacial score (nSPS) is 17.3. The molecule has 0 radical (unpaired) electrons. The fourth-order valence-electron chi connectivity index (χ4n) is 4.00. The van der Waals surface area contributed by atoms with Crippen LogP contribution in [0.1, 0.15) is 28.6 Å². The number of benzene rings is 2. The first-order valence-electron chi connectivity index (χ1n) is 10.8. The fraction of sp³-hybridized carbons (Fsp3) is 0.200. The number of halogens is 2. The lowest BCUT2D eigenvalue weighted by molar-refractivity contribution is 0.103. The Morgan fingerprint density at radius 3 is 2.61 bits per heavy atom. The van der Waals surface area contributed by atoms with E-state index in [9.17, 15) is 13.2 Å². The van der Waals surface area contributed by atoms with Gasteiger partial charge in [-0.2, -0.15) is 0 Å². The summed E-state index contributed by atoms with van der Waals surface area (Å²) in [6.07, 6.45) is 1.61. The second-order valence-corrected chi connectivity index (χ2v) is 13.0. The van der Waals surface area contributed by atoms with E-state index in [0.717, 1.165) is 10.1 Å². The Hall–Kier alpha value is -2.85. The molecule has 5 rings (SSSR count). The van der Waals surface area contributed by atoms with Crippen LogP contribution in [0.2, 0.25) is 10.2 Å². The maximum absolute atomic E-state index is 13.1. The highest BCUT2D eigenvalue weighted by Gasteiger charge is 2.42. The molecule has 0 spiro atoms. The number of amides is 1. The molecule has 0 saturated carbocycles. The van der Waals surface area contributed by atoms with Crippen LogP contribution in [-0.2, 0) is 14.6 Å². The van der Waals surface area contributed by atoms with E-state index < -0.39 is 14.6 Å². The van der Waals surface area contributed by atoms with Gasteiger partial charge in [0.05, 0.1) is 11.5 Å². The fourth-order valence-corrected chi connectivity index (χ4v) is 6.31. The lowest BCUT2D eigenvalue weighted by Gasteiger charge is -2.34. The summed E-state index contributed by atoms with van der Waals surface area (Å²) in [5.74, 6) is 0.908. The molecule has 11 heteroatoms.